The van der Waals surface area contributed by atoms with Gasteiger partial charge in [-0.2, -0.15) is 0 Å². The van der Waals surface area contributed by atoms with Crippen LogP contribution in [0, 0.1) is 12.7 Å². The highest BCUT2D eigenvalue weighted by Crippen LogP contribution is 2.08. The Morgan fingerprint density at radius 3 is 2.61 bits per heavy atom. The molecule has 1 unspecified atom stereocenters. The Labute approximate surface area is 106 Å². The van der Waals surface area contributed by atoms with Gasteiger partial charge in [-0.05, 0) is 44.0 Å². The van der Waals surface area contributed by atoms with Crippen molar-refractivity contribution < 1.29 is 4.39 Å². The first kappa shape index (κ1) is 12.5. The maximum absolute atomic E-state index is 12.8. The summed E-state index contributed by atoms with van der Waals surface area (Å²) in [5, 5.41) is 3.23. The van der Waals surface area contributed by atoms with Gasteiger partial charge in [-0.25, -0.2) is 14.4 Å². The molecule has 3 nitrogen and oxygen atoms in total. The van der Waals surface area contributed by atoms with Gasteiger partial charge in [0, 0.05) is 17.9 Å². The molecule has 0 aliphatic heterocycles. The predicted molar refractivity (Wildman–Crippen MR) is 70.0 cm³/mol. The van der Waals surface area contributed by atoms with Gasteiger partial charge in [0.1, 0.15) is 5.82 Å². The number of halogens is 1. The number of hydrogen-bond donors (Lipinski definition) is 1. The summed E-state index contributed by atoms with van der Waals surface area (Å²) in [5.41, 5.74) is 2.02. The zero-order valence-corrected chi connectivity index (χ0v) is 10.5. The van der Waals surface area contributed by atoms with Gasteiger partial charge >= 0.3 is 0 Å². The van der Waals surface area contributed by atoms with Crippen LogP contribution in [0.2, 0.25) is 0 Å². The molecule has 0 bridgehead atoms. The van der Waals surface area contributed by atoms with Crippen LogP contribution in [0.3, 0.4) is 0 Å². The van der Waals surface area contributed by atoms with Gasteiger partial charge in [0.2, 0.25) is 5.95 Å². The smallest absolute Gasteiger partial charge is 0.223 e. The van der Waals surface area contributed by atoms with Gasteiger partial charge in [0.15, 0.2) is 0 Å². The number of rotatable bonds is 4. The number of aromatic nitrogens is 2. The van der Waals surface area contributed by atoms with E-state index in [0.717, 1.165) is 17.7 Å². The van der Waals surface area contributed by atoms with Gasteiger partial charge in [0.05, 0.1) is 0 Å². The van der Waals surface area contributed by atoms with Crippen LogP contribution in [0.1, 0.15) is 18.2 Å². The summed E-state index contributed by atoms with van der Waals surface area (Å²) in [6.45, 7) is 3.98. The lowest BCUT2D eigenvalue weighted by molar-refractivity contribution is 0.626. The lowest BCUT2D eigenvalue weighted by atomic mass is 10.1. The maximum atomic E-state index is 12.8. The molecule has 2 rings (SSSR count). The van der Waals surface area contributed by atoms with Crippen molar-refractivity contribution in [3.05, 3.63) is 53.6 Å². The molecule has 0 spiro atoms. The van der Waals surface area contributed by atoms with Crippen LogP contribution in [0.25, 0.3) is 0 Å². The number of nitrogens with zero attached hydrogens (tertiary/aromatic N) is 2. The number of benzene rings is 1. The molecule has 18 heavy (non-hydrogen) atoms. The highest BCUT2D eigenvalue weighted by Gasteiger charge is 2.05. The van der Waals surface area contributed by atoms with Crippen LogP contribution in [0.5, 0.6) is 0 Å². The van der Waals surface area contributed by atoms with Crippen molar-refractivity contribution in [2.24, 2.45) is 0 Å². The van der Waals surface area contributed by atoms with E-state index in [4.69, 9.17) is 0 Å². The van der Waals surface area contributed by atoms with E-state index in [9.17, 15) is 4.39 Å². The average molecular weight is 245 g/mol. The van der Waals surface area contributed by atoms with Crippen LogP contribution < -0.4 is 5.32 Å². The van der Waals surface area contributed by atoms with Crippen LogP contribution in [-0.4, -0.2) is 16.0 Å². The molecule has 0 saturated carbocycles. The van der Waals surface area contributed by atoms with Crippen molar-refractivity contribution in [3.63, 3.8) is 0 Å². The minimum atomic E-state index is -0.207. The second-order valence-electron chi connectivity index (χ2n) is 4.40. The molecule has 0 amide bonds. The van der Waals surface area contributed by atoms with E-state index in [1.807, 2.05) is 13.0 Å². The Bertz CT molecular complexity index is 511. The molecule has 0 aliphatic rings. The zero-order chi connectivity index (χ0) is 13.0. The minimum absolute atomic E-state index is 0.192. The Balaban J connectivity index is 1.96. The molecular weight excluding hydrogens is 229 g/mol. The lowest BCUT2D eigenvalue weighted by Gasteiger charge is -2.13. The van der Waals surface area contributed by atoms with E-state index in [2.05, 4.69) is 22.2 Å². The Hall–Kier alpha value is -1.97. The fourth-order valence-electron chi connectivity index (χ4n) is 1.76. The van der Waals surface area contributed by atoms with E-state index >= 15 is 0 Å². The molecule has 1 aromatic heterocycles. The normalized spacial score (nSPS) is 12.2. The molecule has 0 fully saturated rings. The summed E-state index contributed by atoms with van der Waals surface area (Å²) in [7, 11) is 0. The molecule has 1 heterocycles. The summed E-state index contributed by atoms with van der Waals surface area (Å²) in [5.74, 6) is 0.422. The third-order valence-corrected chi connectivity index (χ3v) is 2.63. The van der Waals surface area contributed by atoms with Crippen molar-refractivity contribution in [1.29, 1.82) is 0 Å². The highest BCUT2D eigenvalue weighted by molar-refractivity contribution is 5.27. The SMILES string of the molecule is Cc1ccnc(NC(C)Cc2ccc(F)cc2)n1. The Morgan fingerprint density at radius 2 is 1.94 bits per heavy atom. The molecular formula is C14H16FN3. The molecule has 0 aliphatic carbocycles. The van der Waals surface area contributed by atoms with E-state index in [1.54, 1.807) is 18.3 Å². The van der Waals surface area contributed by atoms with E-state index in [1.165, 1.54) is 12.1 Å². The fraction of sp³-hybridized carbons (Fsp3) is 0.286. The maximum Gasteiger partial charge on any atom is 0.223 e. The van der Waals surface area contributed by atoms with E-state index in [-0.39, 0.29) is 11.9 Å². The second-order valence-corrected chi connectivity index (χ2v) is 4.40. The summed E-state index contributed by atoms with van der Waals surface area (Å²) in [6, 6.07) is 8.60. The third-order valence-electron chi connectivity index (χ3n) is 2.63. The third kappa shape index (κ3) is 3.52. The molecule has 1 atom stereocenters. The first-order valence-electron chi connectivity index (χ1n) is 5.94. The summed E-state index contributed by atoms with van der Waals surface area (Å²) in [4.78, 5) is 8.44. The van der Waals surface area contributed by atoms with Gasteiger partial charge < -0.3 is 5.32 Å². The zero-order valence-electron chi connectivity index (χ0n) is 10.5. The topological polar surface area (TPSA) is 37.8 Å². The average Bonchev–Trinajstić information content (AvgIpc) is 2.32. The Kier molecular flexibility index (Phi) is 3.87. The molecule has 1 N–H and O–H groups in total. The van der Waals surface area contributed by atoms with Crippen LogP contribution in [0.15, 0.2) is 36.5 Å². The molecule has 0 saturated heterocycles. The standard InChI is InChI=1S/C14H16FN3/c1-10-7-8-16-14(17-10)18-11(2)9-12-3-5-13(15)6-4-12/h3-8,11H,9H2,1-2H3,(H,16,17,18). The number of hydrogen-bond acceptors (Lipinski definition) is 3. The van der Waals surface area contributed by atoms with Crippen molar-refractivity contribution in [2.75, 3.05) is 5.32 Å². The van der Waals surface area contributed by atoms with Crippen LogP contribution in [-0.2, 0) is 6.42 Å². The fourth-order valence-corrected chi connectivity index (χ4v) is 1.76. The van der Waals surface area contributed by atoms with Crippen molar-refractivity contribution in [3.8, 4) is 0 Å². The molecule has 1 aromatic carbocycles. The quantitative estimate of drug-likeness (QED) is 0.899. The van der Waals surface area contributed by atoms with Gasteiger partial charge in [-0.1, -0.05) is 12.1 Å². The first-order chi connectivity index (χ1) is 8.63. The summed E-state index contributed by atoms with van der Waals surface area (Å²) >= 11 is 0. The van der Waals surface area contributed by atoms with E-state index < -0.39 is 0 Å². The molecule has 0 radical (unpaired) electrons. The number of nitrogens with one attached hydrogen (secondary N) is 1. The minimum Gasteiger partial charge on any atom is -0.351 e. The second kappa shape index (κ2) is 5.58. The van der Waals surface area contributed by atoms with Crippen molar-refractivity contribution in [1.82, 2.24) is 9.97 Å². The van der Waals surface area contributed by atoms with Gasteiger partial charge in [-0.3, -0.25) is 0 Å². The number of aryl methyl sites for hydroxylation is 1. The van der Waals surface area contributed by atoms with Crippen LogP contribution in [0.4, 0.5) is 10.3 Å². The molecule has 2 aromatic rings. The first-order valence-corrected chi connectivity index (χ1v) is 5.94. The Morgan fingerprint density at radius 1 is 1.22 bits per heavy atom. The van der Waals surface area contributed by atoms with Crippen molar-refractivity contribution in [2.45, 2.75) is 26.3 Å². The number of anilines is 1. The molecule has 94 valence electrons. The largest absolute Gasteiger partial charge is 0.351 e. The van der Waals surface area contributed by atoms with E-state index in [0.29, 0.717) is 5.95 Å². The summed E-state index contributed by atoms with van der Waals surface area (Å²) in [6.07, 6.45) is 2.53. The van der Waals surface area contributed by atoms with Crippen molar-refractivity contribution >= 4 is 5.95 Å². The lowest BCUT2D eigenvalue weighted by Crippen LogP contribution is -2.19. The van der Waals surface area contributed by atoms with Gasteiger partial charge in [-0.15, -0.1) is 0 Å². The monoisotopic (exact) mass is 245 g/mol. The summed E-state index contributed by atoms with van der Waals surface area (Å²) < 4.78 is 12.8. The predicted octanol–water partition coefficient (Wildman–Crippen LogP) is 2.97. The molecule has 4 heteroatoms. The van der Waals surface area contributed by atoms with Crippen LogP contribution >= 0.6 is 0 Å². The highest BCUT2D eigenvalue weighted by atomic mass is 19.1. The van der Waals surface area contributed by atoms with Gasteiger partial charge in [0.25, 0.3) is 0 Å².